The minimum atomic E-state index is -3.68. The molecule has 0 aromatic heterocycles. The molecule has 0 saturated heterocycles. The number of anilines is 1. The van der Waals surface area contributed by atoms with E-state index in [4.69, 9.17) is 29.6 Å². The van der Waals surface area contributed by atoms with Crippen LogP contribution in [0.15, 0.2) is 18.2 Å². The lowest BCUT2D eigenvalue weighted by Crippen LogP contribution is -2.37. The van der Waals surface area contributed by atoms with E-state index >= 15 is 0 Å². The Hall–Kier alpha value is -0.890. The molecule has 0 aliphatic heterocycles. The molecule has 3 N–H and O–H groups in total. The number of thiocarbonyl (C=S) groups is 1. The standard InChI is InChI=1S/C11H16ClN3O2S2/c1-7(2)15(3)19(16,17)14-10-6-8(12)4-5-9(10)11(13)18/h4-7,14H,1-3H3,(H2,13,18). The Kier molecular flexibility index (Phi) is 5.14. The monoisotopic (exact) mass is 321 g/mol. The maximum absolute atomic E-state index is 12.1. The fourth-order valence-corrected chi connectivity index (χ4v) is 2.80. The third kappa shape index (κ3) is 4.04. The van der Waals surface area contributed by atoms with Gasteiger partial charge in [0.25, 0.3) is 0 Å². The Morgan fingerprint density at radius 1 is 1.47 bits per heavy atom. The van der Waals surface area contributed by atoms with Crippen LogP contribution in [0.5, 0.6) is 0 Å². The molecule has 0 spiro atoms. The van der Waals surface area contributed by atoms with Gasteiger partial charge in [0.1, 0.15) is 4.99 Å². The van der Waals surface area contributed by atoms with Gasteiger partial charge in [0.05, 0.1) is 5.69 Å². The summed E-state index contributed by atoms with van der Waals surface area (Å²) in [7, 11) is -2.19. The first-order chi connectivity index (χ1) is 8.65. The fourth-order valence-electron chi connectivity index (χ4n) is 1.30. The molecule has 19 heavy (non-hydrogen) atoms. The molecule has 0 amide bonds. The summed E-state index contributed by atoms with van der Waals surface area (Å²) in [5.41, 5.74) is 6.26. The van der Waals surface area contributed by atoms with E-state index in [0.29, 0.717) is 10.6 Å². The number of benzene rings is 1. The van der Waals surface area contributed by atoms with Gasteiger partial charge in [-0.05, 0) is 32.0 Å². The van der Waals surface area contributed by atoms with Crippen LogP contribution in [0.4, 0.5) is 5.69 Å². The minimum Gasteiger partial charge on any atom is -0.389 e. The van der Waals surface area contributed by atoms with E-state index in [0.717, 1.165) is 0 Å². The predicted octanol–water partition coefficient (Wildman–Crippen LogP) is 1.97. The summed E-state index contributed by atoms with van der Waals surface area (Å²) in [6.07, 6.45) is 0. The van der Waals surface area contributed by atoms with E-state index in [2.05, 4.69) is 4.72 Å². The zero-order chi connectivity index (χ0) is 14.8. The largest absolute Gasteiger partial charge is 0.389 e. The van der Waals surface area contributed by atoms with Crippen molar-refractivity contribution in [2.75, 3.05) is 11.8 Å². The predicted molar refractivity (Wildman–Crippen MR) is 82.8 cm³/mol. The van der Waals surface area contributed by atoms with Crippen LogP contribution >= 0.6 is 23.8 Å². The Bertz CT molecular complexity index is 588. The summed E-state index contributed by atoms with van der Waals surface area (Å²) >= 11 is 10.7. The van der Waals surface area contributed by atoms with Crippen molar-refractivity contribution in [3.05, 3.63) is 28.8 Å². The highest BCUT2D eigenvalue weighted by Gasteiger charge is 2.22. The zero-order valence-electron chi connectivity index (χ0n) is 10.8. The van der Waals surface area contributed by atoms with Crippen LogP contribution < -0.4 is 10.5 Å². The van der Waals surface area contributed by atoms with Gasteiger partial charge in [-0.2, -0.15) is 12.7 Å². The smallest absolute Gasteiger partial charge is 0.301 e. The van der Waals surface area contributed by atoms with Gasteiger partial charge in [0.2, 0.25) is 0 Å². The molecular weight excluding hydrogens is 306 g/mol. The van der Waals surface area contributed by atoms with Crippen molar-refractivity contribution in [1.82, 2.24) is 4.31 Å². The molecule has 5 nitrogen and oxygen atoms in total. The maximum atomic E-state index is 12.1. The van der Waals surface area contributed by atoms with Gasteiger partial charge in [0.15, 0.2) is 0 Å². The van der Waals surface area contributed by atoms with Gasteiger partial charge in [-0.3, -0.25) is 4.72 Å². The SMILES string of the molecule is CC(C)N(C)S(=O)(=O)Nc1cc(Cl)ccc1C(N)=S. The lowest BCUT2D eigenvalue weighted by Gasteiger charge is -2.22. The topological polar surface area (TPSA) is 75.4 Å². The number of hydrogen-bond acceptors (Lipinski definition) is 3. The molecule has 106 valence electrons. The van der Waals surface area contributed by atoms with Crippen molar-refractivity contribution in [2.24, 2.45) is 5.73 Å². The highest BCUT2D eigenvalue weighted by molar-refractivity contribution is 7.90. The Labute approximate surface area is 123 Å². The Balaban J connectivity index is 3.19. The summed E-state index contributed by atoms with van der Waals surface area (Å²) < 4.78 is 27.9. The number of halogens is 1. The summed E-state index contributed by atoms with van der Waals surface area (Å²) in [5, 5.41) is 0.393. The molecule has 0 radical (unpaired) electrons. The molecule has 0 bridgehead atoms. The molecule has 0 atom stereocenters. The zero-order valence-corrected chi connectivity index (χ0v) is 13.2. The van der Waals surface area contributed by atoms with E-state index in [-0.39, 0.29) is 16.7 Å². The van der Waals surface area contributed by atoms with Crippen molar-refractivity contribution in [1.29, 1.82) is 0 Å². The van der Waals surface area contributed by atoms with Gasteiger partial charge in [-0.15, -0.1) is 0 Å². The van der Waals surface area contributed by atoms with E-state index < -0.39 is 10.2 Å². The van der Waals surface area contributed by atoms with Gasteiger partial charge in [-0.1, -0.05) is 23.8 Å². The molecule has 0 saturated carbocycles. The van der Waals surface area contributed by atoms with E-state index in [9.17, 15) is 8.42 Å². The van der Waals surface area contributed by atoms with Crippen molar-refractivity contribution in [3.63, 3.8) is 0 Å². The second kappa shape index (κ2) is 6.04. The summed E-state index contributed by atoms with van der Waals surface area (Å²) in [5.74, 6) is 0. The van der Waals surface area contributed by atoms with Gasteiger partial charge < -0.3 is 5.73 Å². The minimum absolute atomic E-state index is 0.0987. The number of nitrogens with one attached hydrogen (secondary N) is 1. The molecule has 0 fully saturated rings. The first-order valence-electron chi connectivity index (χ1n) is 5.50. The van der Waals surface area contributed by atoms with Gasteiger partial charge in [0, 0.05) is 23.7 Å². The quantitative estimate of drug-likeness (QED) is 0.813. The van der Waals surface area contributed by atoms with Crippen LogP contribution in [0, 0.1) is 0 Å². The average molecular weight is 322 g/mol. The number of rotatable bonds is 5. The van der Waals surface area contributed by atoms with Crippen LogP contribution in [-0.4, -0.2) is 30.8 Å². The Morgan fingerprint density at radius 3 is 2.53 bits per heavy atom. The molecule has 1 rings (SSSR count). The molecule has 8 heteroatoms. The van der Waals surface area contributed by atoms with Gasteiger partial charge >= 0.3 is 10.2 Å². The second-order valence-electron chi connectivity index (χ2n) is 4.27. The normalized spacial score (nSPS) is 11.9. The lowest BCUT2D eigenvalue weighted by molar-refractivity contribution is 0.414. The maximum Gasteiger partial charge on any atom is 0.301 e. The molecule has 0 aliphatic rings. The lowest BCUT2D eigenvalue weighted by atomic mass is 10.2. The van der Waals surface area contributed by atoms with Crippen LogP contribution in [-0.2, 0) is 10.2 Å². The van der Waals surface area contributed by atoms with Crippen LogP contribution in [0.1, 0.15) is 19.4 Å². The summed E-state index contributed by atoms with van der Waals surface area (Å²) in [4.78, 5) is 0.0987. The first kappa shape index (κ1) is 16.2. The molecule has 0 aliphatic carbocycles. The number of nitrogens with two attached hydrogens (primary N) is 1. The summed E-state index contributed by atoms with van der Waals surface area (Å²) in [6, 6.07) is 4.48. The van der Waals surface area contributed by atoms with E-state index in [1.807, 2.05) is 0 Å². The number of hydrogen-bond donors (Lipinski definition) is 2. The van der Waals surface area contributed by atoms with Crippen molar-refractivity contribution < 1.29 is 8.42 Å². The average Bonchev–Trinajstić information content (AvgIpc) is 2.26. The highest BCUT2D eigenvalue weighted by atomic mass is 35.5. The van der Waals surface area contributed by atoms with Crippen molar-refractivity contribution >= 4 is 44.7 Å². The van der Waals surface area contributed by atoms with Gasteiger partial charge in [-0.25, -0.2) is 0 Å². The Morgan fingerprint density at radius 2 is 2.05 bits per heavy atom. The van der Waals surface area contributed by atoms with Crippen LogP contribution in [0.3, 0.4) is 0 Å². The van der Waals surface area contributed by atoms with E-state index in [1.54, 1.807) is 26.0 Å². The third-order valence-electron chi connectivity index (χ3n) is 2.59. The van der Waals surface area contributed by atoms with Crippen molar-refractivity contribution in [2.45, 2.75) is 19.9 Å². The third-order valence-corrected chi connectivity index (χ3v) is 4.71. The first-order valence-corrected chi connectivity index (χ1v) is 7.73. The number of nitrogens with zero attached hydrogens (tertiary/aromatic N) is 1. The second-order valence-corrected chi connectivity index (χ2v) is 6.88. The van der Waals surface area contributed by atoms with E-state index in [1.165, 1.54) is 17.4 Å². The fraction of sp³-hybridized carbons (Fsp3) is 0.364. The molecule has 0 unspecified atom stereocenters. The molecular formula is C11H16ClN3O2S2. The summed E-state index contributed by atoms with van der Waals surface area (Å²) in [6.45, 7) is 3.54. The molecule has 1 aromatic carbocycles. The molecule has 1 aromatic rings. The van der Waals surface area contributed by atoms with Crippen LogP contribution in [0.25, 0.3) is 0 Å². The highest BCUT2D eigenvalue weighted by Crippen LogP contribution is 2.23. The molecule has 0 heterocycles. The van der Waals surface area contributed by atoms with Crippen molar-refractivity contribution in [3.8, 4) is 0 Å². The van der Waals surface area contributed by atoms with Crippen LogP contribution in [0.2, 0.25) is 5.02 Å².